The average Bonchev–Trinajstić information content (AvgIpc) is 2.07. The van der Waals surface area contributed by atoms with E-state index >= 15 is 0 Å². The minimum Gasteiger partial charge on any atom is -0.369 e. The Morgan fingerprint density at radius 1 is 1.50 bits per heavy atom. The summed E-state index contributed by atoms with van der Waals surface area (Å²) in [5.74, 6) is -0.420. The molecule has 74 valence electrons. The zero-order valence-corrected chi connectivity index (χ0v) is 8.73. The first-order valence-corrected chi connectivity index (χ1v) is 4.64. The lowest BCUT2D eigenvalue weighted by Crippen LogP contribution is -2.20. The van der Waals surface area contributed by atoms with Crippen LogP contribution in [0.25, 0.3) is 0 Å². The van der Waals surface area contributed by atoms with Crippen molar-refractivity contribution < 1.29 is 4.79 Å². The Balaban J connectivity index is 2.65. The van der Waals surface area contributed by atoms with Crippen LogP contribution in [0.2, 0.25) is 0 Å². The number of hydrogen-bond donors (Lipinski definition) is 2. The van der Waals surface area contributed by atoms with Gasteiger partial charge in [0, 0.05) is 5.69 Å². The van der Waals surface area contributed by atoms with Gasteiger partial charge in [0.1, 0.15) is 0 Å². The van der Waals surface area contributed by atoms with Crippen LogP contribution in [-0.4, -0.2) is 10.9 Å². The minimum absolute atomic E-state index is 0.0870. The number of nitrogens with one attached hydrogen (secondary N) is 1. The zero-order chi connectivity index (χ0) is 10.6. The van der Waals surface area contributed by atoms with Gasteiger partial charge >= 0.3 is 0 Å². The third-order valence-corrected chi connectivity index (χ3v) is 2.00. The molecule has 3 N–H and O–H groups in total. The van der Waals surface area contributed by atoms with Gasteiger partial charge < -0.3 is 11.1 Å². The summed E-state index contributed by atoms with van der Waals surface area (Å²) in [6.07, 6.45) is 0.0870. The second-order valence-corrected chi connectivity index (χ2v) is 3.50. The Morgan fingerprint density at radius 3 is 2.71 bits per heavy atom. The molecule has 0 aliphatic heterocycles. The van der Waals surface area contributed by atoms with Crippen LogP contribution < -0.4 is 11.1 Å². The maximum absolute atomic E-state index is 10.6. The average molecular weight is 208 g/mol. The first-order valence-electron chi connectivity index (χ1n) is 4.23. The molecule has 0 atom stereocenters. The Hall–Kier alpha value is -1.42. The largest absolute Gasteiger partial charge is 0.369 e. The number of thiocarbonyl (C=S) groups is 1. The normalized spacial score (nSPS) is 9.50. The molecule has 1 rings (SSSR count). The molecule has 1 aromatic rings. The van der Waals surface area contributed by atoms with E-state index < -0.39 is 5.91 Å². The van der Waals surface area contributed by atoms with E-state index in [2.05, 4.69) is 5.32 Å². The van der Waals surface area contributed by atoms with Gasteiger partial charge in [-0.3, -0.25) is 4.79 Å². The third-order valence-electron chi connectivity index (χ3n) is 1.75. The second kappa shape index (κ2) is 4.72. The van der Waals surface area contributed by atoms with Gasteiger partial charge in [-0.15, -0.1) is 0 Å². The second-order valence-electron chi connectivity index (χ2n) is 3.01. The molecular formula is C10H12N2OS. The standard InChI is InChI=1S/C10H12N2OS/c1-7-4-2-3-5-8(7)12-10(14)6-9(11)13/h2-5H,6H2,1H3,(H2,11,13)(H,12,14). The highest BCUT2D eigenvalue weighted by Crippen LogP contribution is 2.13. The van der Waals surface area contributed by atoms with E-state index in [0.717, 1.165) is 11.3 Å². The molecule has 0 saturated carbocycles. The number of hydrogen-bond acceptors (Lipinski definition) is 2. The third kappa shape index (κ3) is 3.14. The lowest BCUT2D eigenvalue weighted by molar-refractivity contribution is -0.116. The SMILES string of the molecule is Cc1ccccc1NC(=S)CC(N)=O. The number of para-hydroxylation sites is 1. The number of benzene rings is 1. The quantitative estimate of drug-likeness (QED) is 0.742. The van der Waals surface area contributed by atoms with Crippen molar-refractivity contribution in [1.29, 1.82) is 0 Å². The molecule has 0 radical (unpaired) electrons. The van der Waals surface area contributed by atoms with Crippen LogP contribution >= 0.6 is 12.2 Å². The van der Waals surface area contributed by atoms with Crippen molar-refractivity contribution in [2.45, 2.75) is 13.3 Å². The topological polar surface area (TPSA) is 55.1 Å². The van der Waals surface area contributed by atoms with Gasteiger partial charge in [0.05, 0.1) is 11.4 Å². The first kappa shape index (κ1) is 10.7. The molecule has 14 heavy (non-hydrogen) atoms. The Bertz CT molecular complexity index is 363. The van der Waals surface area contributed by atoms with E-state index in [1.54, 1.807) is 0 Å². The van der Waals surface area contributed by atoms with Gasteiger partial charge in [-0.25, -0.2) is 0 Å². The first-order chi connectivity index (χ1) is 6.59. The van der Waals surface area contributed by atoms with Gasteiger partial charge in [-0.2, -0.15) is 0 Å². The molecule has 0 aromatic heterocycles. The van der Waals surface area contributed by atoms with Crippen molar-refractivity contribution in [3.05, 3.63) is 29.8 Å². The Kier molecular flexibility index (Phi) is 3.59. The summed E-state index contributed by atoms with van der Waals surface area (Å²) >= 11 is 4.96. The van der Waals surface area contributed by atoms with Crippen LogP contribution in [0.4, 0.5) is 5.69 Å². The van der Waals surface area contributed by atoms with Gasteiger partial charge in [-0.05, 0) is 18.6 Å². The van der Waals surface area contributed by atoms with Crippen LogP contribution in [0.5, 0.6) is 0 Å². The van der Waals surface area contributed by atoms with E-state index in [-0.39, 0.29) is 6.42 Å². The number of carbonyl (C=O) groups excluding carboxylic acids is 1. The molecule has 0 bridgehead atoms. The summed E-state index contributed by atoms with van der Waals surface area (Å²) < 4.78 is 0. The van der Waals surface area contributed by atoms with Crippen molar-refractivity contribution >= 4 is 28.8 Å². The smallest absolute Gasteiger partial charge is 0.224 e. The van der Waals surface area contributed by atoms with Crippen molar-refractivity contribution in [1.82, 2.24) is 0 Å². The fourth-order valence-corrected chi connectivity index (χ4v) is 1.32. The van der Waals surface area contributed by atoms with Crippen LogP contribution in [0.3, 0.4) is 0 Å². The molecule has 0 fully saturated rings. The lowest BCUT2D eigenvalue weighted by Gasteiger charge is -2.08. The van der Waals surface area contributed by atoms with Crippen molar-refractivity contribution in [3.8, 4) is 0 Å². The van der Waals surface area contributed by atoms with E-state index in [9.17, 15) is 4.79 Å². The lowest BCUT2D eigenvalue weighted by atomic mass is 10.2. The minimum atomic E-state index is -0.420. The molecule has 1 aromatic carbocycles. The van der Waals surface area contributed by atoms with Crippen molar-refractivity contribution in [2.75, 3.05) is 5.32 Å². The molecule has 1 amide bonds. The molecule has 3 nitrogen and oxygen atoms in total. The summed E-state index contributed by atoms with van der Waals surface area (Å²) in [4.78, 5) is 11.0. The molecule has 0 spiro atoms. The Morgan fingerprint density at radius 2 is 2.14 bits per heavy atom. The predicted molar refractivity (Wildman–Crippen MR) is 61.2 cm³/mol. The number of nitrogens with two attached hydrogens (primary N) is 1. The number of carbonyl (C=O) groups is 1. The maximum Gasteiger partial charge on any atom is 0.224 e. The fraction of sp³-hybridized carbons (Fsp3) is 0.200. The maximum atomic E-state index is 10.6. The summed E-state index contributed by atoms with van der Waals surface area (Å²) in [5.41, 5.74) is 7.02. The van der Waals surface area contributed by atoms with E-state index in [4.69, 9.17) is 18.0 Å². The molecule has 0 aliphatic carbocycles. The van der Waals surface area contributed by atoms with E-state index in [1.165, 1.54) is 0 Å². The highest BCUT2D eigenvalue weighted by molar-refractivity contribution is 7.80. The zero-order valence-electron chi connectivity index (χ0n) is 7.91. The molecule has 0 saturated heterocycles. The number of anilines is 1. The number of aryl methyl sites for hydroxylation is 1. The highest BCUT2D eigenvalue weighted by atomic mass is 32.1. The number of rotatable bonds is 3. The fourth-order valence-electron chi connectivity index (χ4n) is 1.07. The highest BCUT2D eigenvalue weighted by Gasteiger charge is 2.03. The monoisotopic (exact) mass is 208 g/mol. The van der Waals surface area contributed by atoms with Crippen LogP contribution in [0.1, 0.15) is 12.0 Å². The van der Waals surface area contributed by atoms with Gasteiger partial charge in [0.15, 0.2) is 0 Å². The summed E-state index contributed by atoms with van der Waals surface area (Å²) in [5, 5.41) is 2.97. The molecule has 0 unspecified atom stereocenters. The molecule has 4 heteroatoms. The summed E-state index contributed by atoms with van der Waals surface area (Å²) in [7, 11) is 0. The number of amides is 1. The number of primary amides is 1. The van der Waals surface area contributed by atoms with Crippen LogP contribution in [0, 0.1) is 6.92 Å². The van der Waals surface area contributed by atoms with Crippen LogP contribution in [0.15, 0.2) is 24.3 Å². The van der Waals surface area contributed by atoms with Gasteiger partial charge in [0.2, 0.25) is 5.91 Å². The van der Waals surface area contributed by atoms with Crippen molar-refractivity contribution in [3.63, 3.8) is 0 Å². The van der Waals surface area contributed by atoms with E-state index in [1.807, 2.05) is 31.2 Å². The summed E-state index contributed by atoms with van der Waals surface area (Å²) in [6, 6.07) is 7.72. The predicted octanol–water partition coefficient (Wildman–Crippen LogP) is 1.61. The molecular weight excluding hydrogens is 196 g/mol. The van der Waals surface area contributed by atoms with Gasteiger partial charge in [-0.1, -0.05) is 30.4 Å². The summed E-state index contributed by atoms with van der Waals surface area (Å²) in [6.45, 7) is 1.97. The van der Waals surface area contributed by atoms with Crippen LogP contribution in [-0.2, 0) is 4.79 Å². The van der Waals surface area contributed by atoms with E-state index in [0.29, 0.717) is 4.99 Å². The van der Waals surface area contributed by atoms with Crippen molar-refractivity contribution in [2.24, 2.45) is 5.73 Å². The van der Waals surface area contributed by atoms with Gasteiger partial charge in [0.25, 0.3) is 0 Å². The molecule has 0 aliphatic rings. The Labute approximate surface area is 88.3 Å². The molecule has 0 heterocycles.